The van der Waals surface area contributed by atoms with E-state index in [9.17, 15) is 5.11 Å². The molecular formula is C17H25BrN2O. The maximum absolute atomic E-state index is 10.3. The van der Waals surface area contributed by atoms with Crippen molar-refractivity contribution < 1.29 is 5.11 Å². The van der Waals surface area contributed by atoms with E-state index in [0.29, 0.717) is 0 Å². The summed E-state index contributed by atoms with van der Waals surface area (Å²) in [5.74, 6) is 0. The SMILES string of the molecule is OC(CCN1CCC(N2CCCC2)C1)c1ccc(Br)cc1. The fraction of sp³-hybridized carbons (Fsp3) is 0.647. The van der Waals surface area contributed by atoms with Crippen LogP contribution in [0.1, 0.15) is 37.4 Å². The standard InChI is InChI=1S/C17H25BrN2O/c18-15-5-3-14(4-6-15)17(21)8-12-19-11-7-16(13-19)20-9-1-2-10-20/h3-6,16-17,21H,1-2,7-13H2. The van der Waals surface area contributed by atoms with E-state index in [1.165, 1.54) is 45.4 Å². The molecule has 1 N–H and O–H groups in total. The maximum atomic E-state index is 10.3. The van der Waals surface area contributed by atoms with Crippen molar-refractivity contribution >= 4 is 15.9 Å². The molecule has 116 valence electrons. The van der Waals surface area contributed by atoms with Gasteiger partial charge in [-0.3, -0.25) is 4.90 Å². The predicted molar refractivity (Wildman–Crippen MR) is 89.4 cm³/mol. The van der Waals surface area contributed by atoms with Gasteiger partial charge in [-0.2, -0.15) is 0 Å². The lowest BCUT2D eigenvalue weighted by atomic mass is 10.1. The summed E-state index contributed by atoms with van der Waals surface area (Å²) in [7, 11) is 0. The van der Waals surface area contributed by atoms with E-state index in [1.54, 1.807) is 0 Å². The molecule has 21 heavy (non-hydrogen) atoms. The Kier molecular flexibility index (Phi) is 5.33. The minimum Gasteiger partial charge on any atom is -0.388 e. The fourth-order valence-electron chi connectivity index (χ4n) is 3.58. The molecule has 3 rings (SSSR count). The molecule has 0 aromatic heterocycles. The van der Waals surface area contributed by atoms with Crippen LogP contribution in [-0.4, -0.2) is 53.7 Å². The van der Waals surface area contributed by atoms with Crippen LogP contribution in [-0.2, 0) is 0 Å². The van der Waals surface area contributed by atoms with Crippen LogP contribution in [0.4, 0.5) is 0 Å². The van der Waals surface area contributed by atoms with Crippen LogP contribution in [0.5, 0.6) is 0 Å². The Morgan fingerprint density at radius 1 is 1.14 bits per heavy atom. The third-order valence-corrected chi connectivity index (χ3v) is 5.41. The van der Waals surface area contributed by atoms with Crippen molar-refractivity contribution in [3.05, 3.63) is 34.3 Å². The molecule has 0 saturated carbocycles. The van der Waals surface area contributed by atoms with Gasteiger partial charge in [0.25, 0.3) is 0 Å². The number of aliphatic hydroxyl groups excluding tert-OH is 1. The van der Waals surface area contributed by atoms with E-state index in [1.807, 2.05) is 24.3 Å². The molecule has 2 aliphatic heterocycles. The smallest absolute Gasteiger partial charge is 0.0802 e. The summed E-state index contributed by atoms with van der Waals surface area (Å²) in [5.41, 5.74) is 1.02. The Labute approximate surface area is 136 Å². The summed E-state index contributed by atoms with van der Waals surface area (Å²) < 4.78 is 1.06. The summed E-state index contributed by atoms with van der Waals surface area (Å²) in [4.78, 5) is 5.18. The number of halogens is 1. The van der Waals surface area contributed by atoms with Gasteiger partial charge in [0.15, 0.2) is 0 Å². The van der Waals surface area contributed by atoms with Crippen LogP contribution in [0.3, 0.4) is 0 Å². The monoisotopic (exact) mass is 352 g/mol. The molecule has 2 heterocycles. The average Bonchev–Trinajstić information content (AvgIpc) is 3.16. The van der Waals surface area contributed by atoms with E-state index in [-0.39, 0.29) is 6.10 Å². The fourth-order valence-corrected chi connectivity index (χ4v) is 3.84. The van der Waals surface area contributed by atoms with Crippen LogP contribution in [0.25, 0.3) is 0 Å². The first-order chi connectivity index (χ1) is 10.2. The van der Waals surface area contributed by atoms with E-state index in [2.05, 4.69) is 25.7 Å². The Balaban J connectivity index is 1.44. The molecule has 2 fully saturated rings. The second-order valence-electron chi connectivity index (χ2n) is 6.34. The predicted octanol–water partition coefficient (Wildman–Crippen LogP) is 3.04. The molecule has 2 saturated heterocycles. The summed E-state index contributed by atoms with van der Waals surface area (Å²) in [5, 5.41) is 10.3. The topological polar surface area (TPSA) is 26.7 Å². The summed E-state index contributed by atoms with van der Waals surface area (Å²) in [6.07, 6.45) is 4.53. The Hall–Kier alpha value is -0.420. The molecule has 2 atom stereocenters. The zero-order chi connectivity index (χ0) is 14.7. The normalized spacial score (nSPS) is 25.5. The second kappa shape index (κ2) is 7.23. The largest absolute Gasteiger partial charge is 0.388 e. The third-order valence-electron chi connectivity index (χ3n) is 4.88. The molecule has 2 unspecified atom stereocenters. The quantitative estimate of drug-likeness (QED) is 0.882. The highest BCUT2D eigenvalue weighted by Gasteiger charge is 2.29. The van der Waals surface area contributed by atoms with Crippen molar-refractivity contribution in [1.82, 2.24) is 9.80 Å². The van der Waals surface area contributed by atoms with Crippen molar-refractivity contribution in [3.8, 4) is 0 Å². The first kappa shape index (κ1) is 15.5. The Morgan fingerprint density at radius 3 is 2.57 bits per heavy atom. The van der Waals surface area contributed by atoms with Crippen LogP contribution < -0.4 is 0 Å². The van der Waals surface area contributed by atoms with Gasteiger partial charge in [0.1, 0.15) is 0 Å². The number of hydrogen-bond acceptors (Lipinski definition) is 3. The van der Waals surface area contributed by atoms with E-state index < -0.39 is 0 Å². The molecule has 0 radical (unpaired) electrons. The van der Waals surface area contributed by atoms with Gasteiger partial charge in [-0.05, 0) is 63.0 Å². The molecule has 4 heteroatoms. The molecule has 3 nitrogen and oxygen atoms in total. The Bertz CT molecular complexity index is 445. The lowest BCUT2D eigenvalue weighted by Gasteiger charge is -2.24. The van der Waals surface area contributed by atoms with Gasteiger partial charge in [-0.25, -0.2) is 0 Å². The van der Waals surface area contributed by atoms with Gasteiger partial charge in [-0.1, -0.05) is 28.1 Å². The van der Waals surface area contributed by atoms with Gasteiger partial charge in [0.05, 0.1) is 6.10 Å². The number of benzene rings is 1. The summed E-state index contributed by atoms with van der Waals surface area (Å²) >= 11 is 3.43. The first-order valence-corrected chi connectivity index (χ1v) is 8.91. The summed E-state index contributed by atoms with van der Waals surface area (Å²) in [6, 6.07) is 8.77. The summed E-state index contributed by atoms with van der Waals surface area (Å²) in [6.45, 7) is 5.96. The molecule has 0 bridgehead atoms. The number of nitrogens with zero attached hydrogens (tertiary/aromatic N) is 2. The number of aliphatic hydroxyl groups is 1. The van der Waals surface area contributed by atoms with Gasteiger partial charge in [0, 0.05) is 23.6 Å². The van der Waals surface area contributed by atoms with Crippen molar-refractivity contribution in [2.45, 2.75) is 37.8 Å². The molecule has 0 aliphatic carbocycles. The molecule has 0 spiro atoms. The molecule has 0 amide bonds. The highest BCUT2D eigenvalue weighted by molar-refractivity contribution is 9.10. The minimum atomic E-state index is -0.344. The van der Waals surface area contributed by atoms with Gasteiger partial charge in [-0.15, -0.1) is 0 Å². The number of rotatable bonds is 5. The number of hydrogen-bond donors (Lipinski definition) is 1. The average molecular weight is 353 g/mol. The van der Waals surface area contributed by atoms with Gasteiger partial charge >= 0.3 is 0 Å². The maximum Gasteiger partial charge on any atom is 0.0802 e. The van der Waals surface area contributed by atoms with Crippen LogP contribution in [0, 0.1) is 0 Å². The third kappa shape index (κ3) is 4.07. The first-order valence-electron chi connectivity index (χ1n) is 8.12. The van der Waals surface area contributed by atoms with Crippen molar-refractivity contribution in [3.63, 3.8) is 0 Å². The van der Waals surface area contributed by atoms with E-state index >= 15 is 0 Å². The van der Waals surface area contributed by atoms with E-state index in [0.717, 1.165) is 29.0 Å². The second-order valence-corrected chi connectivity index (χ2v) is 7.26. The van der Waals surface area contributed by atoms with Crippen LogP contribution in [0.15, 0.2) is 28.7 Å². The lowest BCUT2D eigenvalue weighted by Crippen LogP contribution is -2.35. The Morgan fingerprint density at radius 2 is 1.86 bits per heavy atom. The number of likely N-dealkylation sites (tertiary alicyclic amines) is 2. The zero-order valence-corrected chi connectivity index (χ0v) is 14.1. The highest BCUT2D eigenvalue weighted by Crippen LogP contribution is 2.23. The molecule has 1 aromatic rings. The van der Waals surface area contributed by atoms with Gasteiger partial charge in [0.2, 0.25) is 0 Å². The van der Waals surface area contributed by atoms with Crippen molar-refractivity contribution in [1.29, 1.82) is 0 Å². The molecule has 1 aromatic carbocycles. The van der Waals surface area contributed by atoms with Crippen LogP contribution >= 0.6 is 15.9 Å². The van der Waals surface area contributed by atoms with Crippen molar-refractivity contribution in [2.75, 3.05) is 32.7 Å². The van der Waals surface area contributed by atoms with Crippen LogP contribution in [0.2, 0.25) is 0 Å². The van der Waals surface area contributed by atoms with E-state index in [4.69, 9.17) is 0 Å². The van der Waals surface area contributed by atoms with Gasteiger partial charge < -0.3 is 10.0 Å². The zero-order valence-electron chi connectivity index (χ0n) is 12.5. The highest BCUT2D eigenvalue weighted by atomic mass is 79.9. The lowest BCUT2D eigenvalue weighted by molar-refractivity contribution is 0.145. The van der Waals surface area contributed by atoms with Crippen molar-refractivity contribution in [2.24, 2.45) is 0 Å². The molecular weight excluding hydrogens is 328 g/mol. The molecule has 2 aliphatic rings. The minimum absolute atomic E-state index is 0.344.